The molecule has 0 bridgehead atoms. The molecule has 0 radical (unpaired) electrons. The van der Waals surface area contributed by atoms with Crippen LogP contribution in [0.2, 0.25) is 0 Å². The van der Waals surface area contributed by atoms with Gasteiger partial charge in [-0.3, -0.25) is 9.48 Å². The van der Waals surface area contributed by atoms with Gasteiger partial charge in [0.15, 0.2) is 0 Å². The van der Waals surface area contributed by atoms with E-state index in [2.05, 4.69) is 15.4 Å². The first kappa shape index (κ1) is 9.70. The van der Waals surface area contributed by atoms with Crippen LogP contribution in [0.3, 0.4) is 0 Å². The number of hydrogen-bond donors (Lipinski definition) is 1. The maximum Gasteiger partial charge on any atom is 0.222 e. The van der Waals surface area contributed by atoms with Crippen molar-refractivity contribution in [2.45, 2.75) is 20.4 Å². The molecule has 1 amide bonds. The normalized spacial score (nSPS) is 10.5. The molecule has 5 heteroatoms. The average Bonchev–Trinajstić information content (AvgIpc) is 2.47. The number of nitrogens with one attached hydrogen (secondary N) is 1. The van der Waals surface area contributed by atoms with Gasteiger partial charge in [0.25, 0.3) is 0 Å². The molecule has 0 unspecified atom stereocenters. The number of aromatic nitrogens is 3. The molecule has 0 saturated heterocycles. The summed E-state index contributed by atoms with van der Waals surface area (Å²) in [6, 6.07) is 0. The zero-order valence-corrected chi connectivity index (χ0v) is 8.11. The van der Waals surface area contributed by atoms with Crippen molar-refractivity contribution in [1.82, 2.24) is 20.1 Å². The van der Waals surface area contributed by atoms with Gasteiger partial charge in [0.1, 0.15) is 12.2 Å². The number of carbonyl (C=O) groups is 1. The van der Waals surface area contributed by atoms with Crippen molar-refractivity contribution in [3.8, 4) is 0 Å². The lowest BCUT2D eigenvalue weighted by molar-refractivity contribution is -0.124. The summed E-state index contributed by atoms with van der Waals surface area (Å²) in [6.45, 7) is 4.14. The molecule has 1 aromatic heterocycles. The van der Waals surface area contributed by atoms with E-state index < -0.39 is 0 Å². The second kappa shape index (κ2) is 4.02. The van der Waals surface area contributed by atoms with Crippen molar-refractivity contribution < 1.29 is 4.79 Å². The van der Waals surface area contributed by atoms with Crippen LogP contribution in [0.5, 0.6) is 0 Å². The minimum absolute atomic E-state index is 0.00762. The van der Waals surface area contributed by atoms with Gasteiger partial charge in [-0.25, -0.2) is 4.98 Å². The van der Waals surface area contributed by atoms with Crippen LogP contribution in [0.4, 0.5) is 0 Å². The maximum absolute atomic E-state index is 11.2. The van der Waals surface area contributed by atoms with E-state index in [1.54, 1.807) is 11.7 Å². The second-order valence-electron chi connectivity index (χ2n) is 3.17. The van der Waals surface area contributed by atoms with Crippen LogP contribution in [-0.4, -0.2) is 20.7 Å². The van der Waals surface area contributed by atoms with E-state index in [-0.39, 0.29) is 11.8 Å². The van der Waals surface area contributed by atoms with E-state index in [0.717, 1.165) is 5.82 Å². The molecule has 0 aromatic carbocycles. The van der Waals surface area contributed by atoms with Crippen LogP contribution >= 0.6 is 0 Å². The van der Waals surface area contributed by atoms with Gasteiger partial charge >= 0.3 is 0 Å². The maximum atomic E-state index is 11.2. The zero-order chi connectivity index (χ0) is 9.84. The van der Waals surface area contributed by atoms with Crippen LogP contribution < -0.4 is 5.32 Å². The van der Waals surface area contributed by atoms with Gasteiger partial charge in [-0.15, -0.1) is 0 Å². The molecule has 0 atom stereocenters. The molecular weight excluding hydrogens is 168 g/mol. The van der Waals surface area contributed by atoms with E-state index in [1.165, 1.54) is 6.33 Å². The Bertz CT molecular complexity index is 292. The zero-order valence-electron chi connectivity index (χ0n) is 8.11. The molecule has 0 saturated carbocycles. The number of rotatable bonds is 3. The fraction of sp³-hybridized carbons (Fsp3) is 0.625. The third kappa shape index (κ3) is 2.54. The smallest absolute Gasteiger partial charge is 0.222 e. The van der Waals surface area contributed by atoms with Crippen molar-refractivity contribution in [1.29, 1.82) is 0 Å². The molecule has 1 N–H and O–H groups in total. The summed E-state index contributed by atoms with van der Waals surface area (Å²) in [7, 11) is 1.80. The Balaban J connectivity index is 2.44. The Morgan fingerprint density at radius 2 is 2.38 bits per heavy atom. The Labute approximate surface area is 77.2 Å². The van der Waals surface area contributed by atoms with Gasteiger partial charge in [0.2, 0.25) is 5.91 Å². The summed E-state index contributed by atoms with van der Waals surface area (Å²) in [4.78, 5) is 15.2. The molecule has 0 fully saturated rings. The standard InChI is InChI=1S/C8H14N4O/c1-6(2)8(13)9-4-7-10-5-11-12(7)3/h5-6H,4H2,1-3H3,(H,9,13). The lowest BCUT2D eigenvalue weighted by atomic mass is 10.2. The molecule has 1 heterocycles. The van der Waals surface area contributed by atoms with Crippen LogP contribution in [-0.2, 0) is 18.4 Å². The lowest BCUT2D eigenvalue weighted by Gasteiger charge is -2.06. The molecule has 0 aliphatic rings. The van der Waals surface area contributed by atoms with Crippen molar-refractivity contribution in [3.05, 3.63) is 12.2 Å². The summed E-state index contributed by atoms with van der Waals surface area (Å²) in [5, 5.41) is 6.66. The largest absolute Gasteiger partial charge is 0.349 e. The van der Waals surface area contributed by atoms with Gasteiger partial charge in [-0.1, -0.05) is 13.8 Å². The van der Waals surface area contributed by atoms with E-state index in [0.29, 0.717) is 6.54 Å². The molecule has 13 heavy (non-hydrogen) atoms. The number of aryl methyl sites for hydroxylation is 1. The van der Waals surface area contributed by atoms with E-state index in [9.17, 15) is 4.79 Å². The van der Waals surface area contributed by atoms with E-state index >= 15 is 0 Å². The first-order valence-electron chi connectivity index (χ1n) is 4.22. The third-order valence-corrected chi connectivity index (χ3v) is 1.75. The Hall–Kier alpha value is -1.39. The molecule has 0 spiro atoms. The summed E-state index contributed by atoms with van der Waals surface area (Å²) in [5.41, 5.74) is 0. The number of amides is 1. The molecule has 5 nitrogen and oxygen atoms in total. The summed E-state index contributed by atoms with van der Waals surface area (Å²) in [6.07, 6.45) is 1.47. The lowest BCUT2D eigenvalue weighted by Crippen LogP contribution is -2.28. The van der Waals surface area contributed by atoms with Gasteiger partial charge < -0.3 is 5.32 Å². The SMILES string of the molecule is CC(C)C(=O)NCc1ncnn1C. The Kier molecular flexibility index (Phi) is 3.00. The average molecular weight is 182 g/mol. The summed E-state index contributed by atoms with van der Waals surface area (Å²) >= 11 is 0. The number of carbonyl (C=O) groups excluding carboxylic acids is 1. The fourth-order valence-electron chi connectivity index (χ4n) is 0.850. The quantitative estimate of drug-likeness (QED) is 0.720. The van der Waals surface area contributed by atoms with Crippen LogP contribution in [0.25, 0.3) is 0 Å². The van der Waals surface area contributed by atoms with Crippen molar-refractivity contribution in [2.24, 2.45) is 13.0 Å². The van der Waals surface area contributed by atoms with Gasteiger partial charge in [-0.05, 0) is 0 Å². The molecule has 72 valence electrons. The van der Waals surface area contributed by atoms with Crippen molar-refractivity contribution in [2.75, 3.05) is 0 Å². The highest BCUT2D eigenvalue weighted by atomic mass is 16.1. The topological polar surface area (TPSA) is 59.8 Å². The predicted octanol–water partition coefficient (Wildman–Crippen LogP) is 0.0873. The molecule has 1 aromatic rings. The monoisotopic (exact) mass is 182 g/mol. The summed E-state index contributed by atoms with van der Waals surface area (Å²) < 4.78 is 1.64. The Morgan fingerprint density at radius 1 is 1.69 bits per heavy atom. The fourth-order valence-corrected chi connectivity index (χ4v) is 0.850. The number of nitrogens with zero attached hydrogens (tertiary/aromatic N) is 3. The highest BCUT2D eigenvalue weighted by Gasteiger charge is 2.07. The number of hydrogen-bond acceptors (Lipinski definition) is 3. The van der Waals surface area contributed by atoms with Gasteiger partial charge in [-0.2, -0.15) is 5.10 Å². The highest BCUT2D eigenvalue weighted by Crippen LogP contribution is 1.93. The van der Waals surface area contributed by atoms with Crippen LogP contribution in [0.15, 0.2) is 6.33 Å². The minimum atomic E-state index is 0.00762. The highest BCUT2D eigenvalue weighted by molar-refractivity contribution is 5.77. The molecule has 0 aliphatic carbocycles. The van der Waals surface area contributed by atoms with Gasteiger partial charge in [0, 0.05) is 13.0 Å². The van der Waals surface area contributed by atoms with Crippen molar-refractivity contribution >= 4 is 5.91 Å². The summed E-state index contributed by atoms with van der Waals surface area (Å²) in [5.74, 6) is 0.797. The Morgan fingerprint density at radius 3 is 2.85 bits per heavy atom. The first-order valence-corrected chi connectivity index (χ1v) is 4.22. The van der Waals surface area contributed by atoms with Gasteiger partial charge in [0.05, 0.1) is 6.54 Å². The van der Waals surface area contributed by atoms with E-state index in [4.69, 9.17) is 0 Å². The predicted molar refractivity (Wildman–Crippen MR) is 47.7 cm³/mol. The van der Waals surface area contributed by atoms with Crippen LogP contribution in [0.1, 0.15) is 19.7 Å². The van der Waals surface area contributed by atoms with E-state index in [1.807, 2.05) is 13.8 Å². The third-order valence-electron chi connectivity index (χ3n) is 1.75. The first-order chi connectivity index (χ1) is 6.11. The molecule has 0 aliphatic heterocycles. The minimum Gasteiger partial charge on any atom is -0.349 e. The van der Waals surface area contributed by atoms with Crippen molar-refractivity contribution in [3.63, 3.8) is 0 Å². The van der Waals surface area contributed by atoms with Crippen LogP contribution in [0, 0.1) is 5.92 Å². The molecular formula is C8H14N4O. The second-order valence-corrected chi connectivity index (χ2v) is 3.17. The molecule has 1 rings (SSSR count).